The molecule has 0 aromatic heterocycles. The largest absolute Gasteiger partial charge is 0.435 e. The van der Waals surface area contributed by atoms with Gasteiger partial charge in [0.1, 0.15) is 5.75 Å². The Hall–Kier alpha value is -1.90. The van der Waals surface area contributed by atoms with Gasteiger partial charge in [0.25, 0.3) is 0 Å². The summed E-state index contributed by atoms with van der Waals surface area (Å²) in [5.41, 5.74) is 2.34. The lowest BCUT2D eigenvalue weighted by atomic mass is 10.0. The molecule has 21 heavy (non-hydrogen) atoms. The molecule has 0 saturated carbocycles. The zero-order valence-electron chi connectivity index (χ0n) is 10.9. The van der Waals surface area contributed by atoms with Crippen LogP contribution in [0.25, 0.3) is 0 Å². The Morgan fingerprint density at radius 1 is 1.29 bits per heavy atom. The van der Waals surface area contributed by atoms with E-state index in [9.17, 15) is 26.7 Å². The number of nitrogens with one attached hydrogen (secondary N) is 1. The van der Waals surface area contributed by atoms with Gasteiger partial charge in [0.05, 0.1) is 0 Å². The molecule has 0 spiro atoms. The third-order valence-corrected chi connectivity index (χ3v) is 2.66. The minimum Gasteiger partial charge on any atom is -0.435 e. The predicted octanol–water partition coefficient (Wildman–Crippen LogP) is 2.18. The van der Waals surface area contributed by atoms with Gasteiger partial charge in [-0.05, 0) is 24.6 Å². The molecule has 0 aliphatic rings. The summed E-state index contributed by atoms with van der Waals surface area (Å²) in [6, 6.07) is 5.08. The predicted molar refractivity (Wildman–Crippen MR) is 63.6 cm³/mol. The Morgan fingerprint density at radius 2 is 1.81 bits per heavy atom. The summed E-state index contributed by atoms with van der Waals surface area (Å²) >= 11 is 0. The Bertz CT molecular complexity index is 485. The highest BCUT2D eigenvalue weighted by atomic mass is 19.4. The van der Waals surface area contributed by atoms with Crippen LogP contribution in [0.15, 0.2) is 24.3 Å². The molecule has 0 radical (unpaired) electrons. The maximum atomic E-state index is 12.5. The molecule has 1 unspecified atom stereocenters. The van der Waals surface area contributed by atoms with Crippen LogP contribution < -0.4 is 15.8 Å². The van der Waals surface area contributed by atoms with Crippen molar-refractivity contribution < 1.29 is 31.5 Å². The number of halogens is 5. The highest BCUT2D eigenvalue weighted by Crippen LogP contribution is 2.28. The van der Waals surface area contributed by atoms with Gasteiger partial charge < -0.3 is 15.8 Å². The van der Waals surface area contributed by atoms with E-state index >= 15 is 0 Å². The first-order chi connectivity index (χ1) is 9.54. The van der Waals surface area contributed by atoms with Gasteiger partial charge in [-0.3, -0.25) is 4.79 Å². The molecule has 1 aromatic rings. The fourth-order valence-electron chi connectivity index (χ4n) is 1.28. The molecule has 0 bridgehead atoms. The molecule has 0 aliphatic heterocycles. The summed E-state index contributed by atoms with van der Waals surface area (Å²) < 4.78 is 65.5. The van der Waals surface area contributed by atoms with Crippen molar-refractivity contribution in [1.29, 1.82) is 0 Å². The van der Waals surface area contributed by atoms with Crippen LogP contribution in [-0.2, 0) is 11.3 Å². The highest BCUT2D eigenvalue weighted by Gasteiger charge is 2.53. The topological polar surface area (TPSA) is 64.4 Å². The Labute approximate surface area is 117 Å². The summed E-state index contributed by atoms with van der Waals surface area (Å²) in [6.07, 6.45) is -4.88. The lowest BCUT2D eigenvalue weighted by molar-refractivity contribution is -0.187. The number of ether oxygens (including phenoxy) is 1. The number of benzene rings is 1. The van der Waals surface area contributed by atoms with E-state index < -0.39 is 24.2 Å². The monoisotopic (exact) mass is 312 g/mol. The van der Waals surface area contributed by atoms with Gasteiger partial charge in [0.15, 0.2) is 5.54 Å². The van der Waals surface area contributed by atoms with E-state index in [-0.39, 0.29) is 12.3 Å². The zero-order valence-corrected chi connectivity index (χ0v) is 10.9. The van der Waals surface area contributed by atoms with Crippen LogP contribution in [-0.4, -0.2) is 24.2 Å². The number of carbonyl (C=O) groups is 1. The van der Waals surface area contributed by atoms with Gasteiger partial charge in [0, 0.05) is 6.54 Å². The Morgan fingerprint density at radius 3 is 2.24 bits per heavy atom. The average Bonchev–Trinajstić information content (AvgIpc) is 2.35. The molecule has 9 heteroatoms. The molecule has 1 rings (SSSR count). The van der Waals surface area contributed by atoms with Gasteiger partial charge in [-0.25, -0.2) is 0 Å². The first-order valence-electron chi connectivity index (χ1n) is 5.71. The van der Waals surface area contributed by atoms with Crippen molar-refractivity contribution in [3.63, 3.8) is 0 Å². The SMILES string of the molecule is CC(N)(C(=O)NCc1ccc(OC(F)F)cc1)C(F)(F)F. The van der Waals surface area contributed by atoms with E-state index in [0.717, 1.165) is 0 Å². The molecule has 3 N–H and O–H groups in total. The molecular formula is C12H13F5N2O2. The van der Waals surface area contributed by atoms with Crippen LogP contribution in [0.5, 0.6) is 5.75 Å². The van der Waals surface area contributed by atoms with Gasteiger partial charge in [-0.15, -0.1) is 0 Å². The van der Waals surface area contributed by atoms with Crippen molar-refractivity contribution in [2.24, 2.45) is 5.73 Å². The molecular weight excluding hydrogens is 299 g/mol. The molecule has 4 nitrogen and oxygen atoms in total. The van der Waals surface area contributed by atoms with E-state index in [4.69, 9.17) is 5.73 Å². The first-order valence-corrected chi connectivity index (χ1v) is 5.71. The quantitative estimate of drug-likeness (QED) is 0.819. The minimum absolute atomic E-state index is 0.0981. The molecule has 1 amide bonds. The van der Waals surface area contributed by atoms with Crippen molar-refractivity contribution in [3.8, 4) is 5.75 Å². The van der Waals surface area contributed by atoms with Crippen molar-refractivity contribution in [3.05, 3.63) is 29.8 Å². The molecule has 118 valence electrons. The van der Waals surface area contributed by atoms with E-state index in [2.05, 4.69) is 4.74 Å². The van der Waals surface area contributed by atoms with E-state index in [1.54, 1.807) is 0 Å². The van der Waals surface area contributed by atoms with Crippen molar-refractivity contribution in [2.75, 3.05) is 0 Å². The normalized spacial score (nSPS) is 14.7. The Balaban J connectivity index is 2.61. The van der Waals surface area contributed by atoms with E-state index in [0.29, 0.717) is 12.5 Å². The second-order valence-electron chi connectivity index (χ2n) is 4.41. The van der Waals surface area contributed by atoms with Gasteiger partial charge in [0.2, 0.25) is 5.91 Å². The molecule has 0 heterocycles. The second-order valence-corrected chi connectivity index (χ2v) is 4.41. The summed E-state index contributed by atoms with van der Waals surface area (Å²) in [7, 11) is 0. The fraction of sp³-hybridized carbons (Fsp3) is 0.417. The first kappa shape index (κ1) is 17.2. The van der Waals surface area contributed by atoms with Crippen LogP contribution in [0, 0.1) is 0 Å². The number of hydrogen-bond acceptors (Lipinski definition) is 3. The summed E-state index contributed by atoms with van der Waals surface area (Å²) in [6.45, 7) is -2.64. The van der Waals surface area contributed by atoms with Gasteiger partial charge >= 0.3 is 12.8 Å². The number of hydrogen-bond donors (Lipinski definition) is 2. The number of alkyl halides is 5. The van der Waals surface area contributed by atoms with Crippen LogP contribution in [0.2, 0.25) is 0 Å². The van der Waals surface area contributed by atoms with E-state index in [1.165, 1.54) is 24.3 Å². The van der Waals surface area contributed by atoms with Crippen molar-refractivity contribution in [1.82, 2.24) is 5.32 Å². The highest BCUT2D eigenvalue weighted by molar-refractivity contribution is 5.86. The smallest absolute Gasteiger partial charge is 0.415 e. The number of rotatable bonds is 5. The third kappa shape index (κ3) is 4.55. The maximum Gasteiger partial charge on any atom is 0.415 e. The summed E-state index contributed by atoms with van der Waals surface area (Å²) in [5.74, 6) is -1.48. The van der Waals surface area contributed by atoms with Crippen LogP contribution >= 0.6 is 0 Å². The molecule has 0 aliphatic carbocycles. The van der Waals surface area contributed by atoms with Gasteiger partial charge in [-0.1, -0.05) is 12.1 Å². The van der Waals surface area contributed by atoms with Crippen LogP contribution in [0.1, 0.15) is 12.5 Å². The average molecular weight is 312 g/mol. The number of carbonyl (C=O) groups excluding carboxylic acids is 1. The lowest BCUT2D eigenvalue weighted by Crippen LogP contribution is -2.61. The van der Waals surface area contributed by atoms with Crippen LogP contribution in [0.3, 0.4) is 0 Å². The molecule has 0 fully saturated rings. The minimum atomic E-state index is -4.88. The lowest BCUT2D eigenvalue weighted by Gasteiger charge is -2.26. The zero-order chi connectivity index (χ0) is 16.3. The van der Waals surface area contributed by atoms with Gasteiger partial charge in [-0.2, -0.15) is 22.0 Å². The third-order valence-electron chi connectivity index (χ3n) is 2.66. The molecule has 0 saturated heterocycles. The number of nitrogens with two attached hydrogens (primary N) is 1. The van der Waals surface area contributed by atoms with Crippen molar-refractivity contribution >= 4 is 5.91 Å². The van der Waals surface area contributed by atoms with E-state index in [1.807, 2.05) is 5.32 Å². The summed E-state index contributed by atoms with van der Waals surface area (Å²) in [5, 5.41) is 2.03. The van der Waals surface area contributed by atoms with Crippen LogP contribution in [0.4, 0.5) is 22.0 Å². The Kier molecular flexibility index (Phi) is 5.10. The second kappa shape index (κ2) is 6.25. The number of amides is 1. The fourth-order valence-corrected chi connectivity index (χ4v) is 1.28. The molecule has 1 aromatic carbocycles. The molecule has 1 atom stereocenters. The standard InChI is InChI=1S/C12H13F5N2O2/c1-11(18,12(15,16)17)9(20)19-6-7-2-4-8(5-3-7)21-10(13)14/h2-5,10H,6,18H2,1H3,(H,19,20). The summed E-state index contributed by atoms with van der Waals surface area (Å²) in [4.78, 5) is 11.4. The maximum absolute atomic E-state index is 12.5. The van der Waals surface area contributed by atoms with Crippen molar-refractivity contribution in [2.45, 2.75) is 31.8 Å².